The van der Waals surface area contributed by atoms with Gasteiger partial charge in [0.15, 0.2) is 0 Å². The first kappa shape index (κ1) is 15.6. The highest BCUT2D eigenvalue weighted by atomic mass is 14.6. The summed E-state index contributed by atoms with van der Waals surface area (Å²) in [6.45, 7) is 13.8. The third kappa shape index (κ3) is 3.87. The second-order valence-electron chi connectivity index (χ2n) is 7.70. The maximum atomic E-state index is 4.29. The molecule has 0 amide bonds. The molecule has 2 aliphatic rings. The summed E-state index contributed by atoms with van der Waals surface area (Å²) < 4.78 is 0. The van der Waals surface area contributed by atoms with Crippen LogP contribution in [0.1, 0.15) is 72.6 Å². The Labute approximate surface area is 126 Å². The van der Waals surface area contributed by atoms with Gasteiger partial charge in [-0.1, -0.05) is 49.3 Å². The lowest BCUT2D eigenvalue weighted by molar-refractivity contribution is 0.525. The second-order valence-corrected chi connectivity index (χ2v) is 7.70. The average molecular weight is 272 g/mol. The van der Waals surface area contributed by atoms with Crippen molar-refractivity contribution in [2.24, 2.45) is 17.3 Å². The molecule has 0 aromatic rings. The van der Waals surface area contributed by atoms with Gasteiger partial charge in [-0.15, -0.1) is 0 Å². The molecule has 2 aliphatic carbocycles. The van der Waals surface area contributed by atoms with E-state index in [4.69, 9.17) is 0 Å². The summed E-state index contributed by atoms with van der Waals surface area (Å²) >= 11 is 0. The molecule has 0 aromatic carbocycles. The number of allylic oxidation sites excluding steroid dienone is 5. The topological polar surface area (TPSA) is 0 Å². The van der Waals surface area contributed by atoms with E-state index < -0.39 is 0 Å². The van der Waals surface area contributed by atoms with Crippen molar-refractivity contribution in [3.05, 3.63) is 35.5 Å². The summed E-state index contributed by atoms with van der Waals surface area (Å²) in [6.07, 6.45) is 13.8. The first-order valence-electron chi connectivity index (χ1n) is 8.41. The molecule has 1 saturated carbocycles. The molecule has 0 saturated heterocycles. The third-order valence-corrected chi connectivity index (χ3v) is 5.55. The van der Waals surface area contributed by atoms with Crippen molar-refractivity contribution in [2.45, 2.75) is 72.6 Å². The van der Waals surface area contributed by atoms with Gasteiger partial charge < -0.3 is 0 Å². The lowest BCUT2D eigenvalue weighted by atomic mass is 9.98. The Balaban J connectivity index is 2.05. The third-order valence-electron chi connectivity index (χ3n) is 5.55. The number of fused-ring (bicyclic) bond motifs is 1. The molecule has 0 nitrogen and oxygen atoms in total. The van der Waals surface area contributed by atoms with Crippen molar-refractivity contribution in [3.8, 4) is 0 Å². The van der Waals surface area contributed by atoms with Gasteiger partial charge in [0.05, 0.1) is 0 Å². The van der Waals surface area contributed by atoms with E-state index in [2.05, 4.69) is 46.4 Å². The first-order chi connectivity index (χ1) is 9.41. The van der Waals surface area contributed by atoms with Crippen LogP contribution in [0.15, 0.2) is 35.5 Å². The van der Waals surface area contributed by atoms with E-state index in [1.165, 1.54) is 50.5 Å². The Morgan fingerprint density at radius 1 is 1.05 bits per heavy atom. The van der Waals surface area contributed by atoms with Gasteiger partial charge in [0.2, 0.25) is 0 Å². The summed E-state index contributed by atoms with van der Waals surface area (Å²) in [7, 11) is 0. The molecule has 112 valence electrons. The van der Waals surface area contributed by atoms with E-state index in [9.17, 15) is 0 Å². The van der Waals surface area contributed by atoms with E-state index >= 15 is 0 Å². The molecule has 0 N–H and O–H groups in total. The number of hydrogen-bond acceptors (Lipinski definition) is 0. The van der Waals surface area contributed by atoms with Crippen molar-refractivity contribution in [3.63, 3.8) is 0 Å². The van der Waals surface area contributed by atoms with Crippen LogP contribution < -0.4 is 0 Å². The van der Waals surface area contributed by atoms with Gasteiger partial charge in [-0.3, -0.25) is 0 Å². The molecule has 0 radical (unpaired) electrons. The summed E-state index contributed by atoms with van der Waals surface area (Å²) in [5, 5.41) is 0. The molecular formula is C20H32. The van der Waals surface area contributed by atoms with E-state index in [-0.39, 0.29) is 0 Å². The van der Waals surface area contributed by atoms with Gasteiger partial charge in [0.25, 0.3) is 0 Å². The van der Waals surface area contributed by atoms with Crippen molar-refractivity contribution >= 4 is 0 Å². The predicted octanol–water partition coefficient (Wildman–Crippen LogP) is 6.45. The molecule has 20 heavy (non-hydrogen) atoms. The van der Waals surface area contributed by atoms with Gasteiger partial charge >= 0.3 is 0 Å². The fraction of sp³-hybridized carbons (Fsp3) is 0.700. The monoisotopic (exact) mass is 272 g/mol. The average Bonchev–Trinajstić information content (AvgIpc) is 2.86. The van der Waals surface area contributed by atoms with Crippen LogP contribution in [-0.4, -0.2) is 0 Å². The Morgan fingerprint density at radius 3 is 2.55 bits per heavy atom. The molecule has 0 aliphatic heterocycles. The lowest BCUT2D eigenvalue weighted by Crippen LogP contribution is -1.92. The van der Waals surface area contributed by atoms with Gasteiger partial charge in [-0.05, 0) is 76.0 Å². The molecular weight excluding hydrogens is 240 g/mol. The van der Waals surface area contributed by atoms with Crippen molar-refractivity contribution < 1.29 is 0 Å². The fourth-order valence-corrected chi connectivity index (χ4v) is 3.81. The van der Waals surface area contributed by atoms with Gasteiger partial charge in [0.1, 0.15) is 0 Å². The fourth-order valence-electron chi connectivity index (χ4n) is 3.81. The van der Waals surface area contributed by atoms with Gasteiger partial charge in [-0.25, -0.2) is 0 Å². The van der Waals surface area contributed by atoms with Crippen LogP contribution in [-0.2, 0) is 0 Å². The van der Waals surface area contributed by atoms with E-state index in [1.54, 1.807) is 11.1 Å². The Kier molecular flexibility index (Phi) is 4.94. The molecule has 0 bridgehead atoms. The van der Waals surface area contributed by atoms with E-state index in [0.29, 0.717) is 5.41 Å². The smallest absolute Gasteiger partial charge is 0.0143 e. The first-order valence-corrected chi connectivity index (χ1v) is 8.41. The van der Waals surface area contributed by atoms with Crippen LogP contribution in [0.3, 0.4) is 0 Å². The number of hydrogen-bond donors (Lipinski definition) is 0. The standard InChI is InChI=1S/C20H32/c1-15-8-6-10-16(2)12-13-18-19(20(18,4)5)14-17(3)11-7-9-15/h9,14,18-19H,2,6-8,10-13H2,1,3-5H3/b15-9+,17-14+/t18-,19+/m0/s1. The molecule has 0 aromatic heterocycles. The largest absolute Gasteiger partial charge is 0.0999 e. The van der Waals surface area contributed by atoms with Crippen LogP contribution in [0.5, 0.6) is 0 Å². The molecule has 0 spiro atoms. The van der Waals surface area contributed by atoms with Crippen LogP contribution in [0, 0.1) is 17.3 Å². The van der Waals surface area contributed by atoms with Crippen molar-refractivity contribution in [1.82, 2.24) is 0 Å². The lowest BCUT2D eigenvalue weighted by Gasteiger charge is -2.08. The van der Waals surface area contributed by atoms with Crippen LogP contribution in [0.2, 0.25) is 0 Å². The molecule has 2 rings (SSSR count). The van der Waals surface area contributed by atoms with Crippen molar-refractivity contribution in [2.75, 3.05) is 0 Å². The van der Waals surface area contributed by atoms with Gasteiger partial charge in [-0.2, -0.15) is 0 Å². The minimum Gasteiger partial charge on any atom is -0.0999 e. The zero-order chi connectivity index (χ0) is 14.8. The highest BCUT2D eigenvalue weighted by Gasteiger charge is 2.55. The SMILES string of the molecule is C=C1CCC/C(C)=C/CC/C(C)=C/[C@@H]2[C@H](CC1)C2(C)C. The molecule has 0 heterocycles. The van der Waals surface area contributed by atoms with Crippen LogP contribution in [0.25, 0.3) is 0 Å². The summed E-state index contributed by atoms with van der Waals surface area (Å²) in [5.41, 5.74) is 5.14. The highest BCUT2D eigenvalue weighted by Crippen LogP contribution is 2.61. The van der Waals surface area contributed by atoms with E-state index in [1.807, 2.05) is 0 Å². The van der Waals surface area contributed by atoms with Crippen molar-refractivity contribution in [1.29, 1.82) is 0 Å². The quantitative estimate of drug-likeness (QED) is 0.444. The summed E-state index contributed by atoms with van der Waals surface area (Å²) in [4.78, 5) is 0. The Bertz CT molecular complexity index is 419. The summed E-state index contributed by atoms with van der Waals surface area (Å²) in [5.74, 6) is 1.69. The van der Waals surface area contributed by atoms with Crippen LogP contribution in [0.4, 0.5) is 0 Å². The Morgan fingerprint density at radius 2 is 1.80 bits per heavy atom. The zero-order valence-electron chi connectivity index (χ0n) is 14.0. The van der Waals surface area contributed by atoms with Gasteiger partial charge in [0, 0.05) is 0 Å². The Hall–Kier alpha value is -0.780. The van der Waals surface area contributed by atoms with E-state index in [0.717, 1.165) is 11.8 Å². The van der Waals surface area contributed by atoms with Crippen LogP contribution >= 0.6 is 0 Å². The normalized spacial score (nSPS) is 36.9. The maximum absolute atomic E-state index is 4.29. The summed E-state index contributed by atoms with van der Waals surface area (Å²) in [6, 6.07) is 0. The zero-order valence-corrected chi connectivity index (χ0v) is 14.0. The molecule has 0 heteroatoms. The second kappa shape index (κ2) is 6.33. The maximum Gasteiger partial charge on any atom is -0.0143 e. The molecule has 2 atom stereocenters. The number of rotatable bonds is 0. The highest BCUT2D eigenvalue weighted by molar-refractivity contribution is 5.19. The molecule has 0 unspecified atom stereocenters. The predicted molar refractivity (Wildman–Crippen MR) is 89.7 cm³/mol. The minimum atomic E-state index is 0.521. The molecule has 1 fully saturated rings. The minimum absolute atomic E-state index is 0.521.